The van der Waals surface area contributed by atoms with E-state index >= 15 is 0 Å². The van der Waals surface area contributed by atoms with Gasteiger partial charge in [0.05, 0.1) is 0 Å². The van der Waals surface area contributed by atoms with Gasteiger partial charge in [-0.25, -0.2) is 0 Å². The lowest BCUT2D eigenvalue weighted by Gasteiger charge is -2.11. The molecule has 0 unspecified atom stereocenters. The van der Waals surface area contributed by atoms with Crippen LogP contribution in [0.5, 0.6) is 5.75 Å². The molecule has 6 nitrogen and oxygen atoms in total. The summed E-state index contributed by atoms with van der Waals surface area (Å²) < 4.78 is 7.33. The van der Waals surface area contributed by atoms with Crippen LogP contribution in [0.1, 0.15) is 0 Å². The van der Waals surface area contributed by atoms with E-state index in [1.54, 1.807) is 10.6 Å². The van der Waals surface area contributed by atoms with Crippen LogP contribution in [0.4, 0.5) is 5.69 Å². The van der Waals surface area contributed by atoms with E-state index < -0.39 is 0 Å². The summed E-state index contributed by atoms with van der Waals surface area (Å²) in [6.07, 6.45) is 1.73. The zero-order valence-electron chi connectivity index (χ0n) is 15.2. The average molecular weight is 377 g/mol. The Morgan fingerprint density at radius 1 is 1.04 bits per heavy atom. The Morgan fingerprint density at radius 2 is 1.74 bits per heavy atom. The maximum Gasteiger partial charge on any atom is 0.235 e. The summed E-state index contributed by atoms with van der Waals surface area (Å²) in [4.78, 5) is 2.83. The molecule has 0 spiro atoms. The molecule has 27 heavy (non-hydrogen) atoms. The second kappa shape index (κ2) is 7.20. The first-order valence-electron chi connectivity index (χ1n) is 8.50. The average Bonchev–Trinajstić information content (AvgIpc) is 3.27. The number of hydrogen-bond donors (Lipinski definition) is 0. The van der Waals surface area contributed by atoms with E-state index in [-0.39, 0.29) is 0 Å². The number of hydrogen-bond acceptors (Lipinski definition) is 6. The number of rotatable bonds is 6. The second-order valence-corrected chi connectivity index (χ2v) is 7.15. The monoisotopic (exact) mass is 377 g/mol. The van der Waals surface area contributed by atoms with Gasteiger partial charge in [0.1, 0.15) is 17.4 Å². The summed E-state index contributed by atoms with van der Waals surface area (Å²) in [6, 6.07) is 16.1. The molecule has 4 rings (SSSR count). The Kier molecular flexibility index (Phi) is 4.60. The van der Waals surface area contributed by atoms with Gasteiger partial charge in [0, 0.05) is 30.9 Å². The highest BCUT2D eigenvalue weighted by molar-refractivity contribution is 7.19. The van der Waals surface area contributed by atoms with Crippen LogP contribution in [0.2, 0.25) is 0 Å². The molecule has 2 aromatic carbocycles. The highest BCUT2D eigenvalue weighted by atomic mass is 32.1. The zero-order chi connectivity index (χ0) is 18.8. The Balaban J connectivity index is 1.64. The molecule has 7 heteroatoms. The standard InChI is InChI=1S/C20H19N5OS/c1-4-13-26-17-11-7-15(8-12-17)19-23-25-18(21-22-20(25)27-19)14-5-9-16(10-6-14)24(2)3/h4-12H,1,13H2,2-3H3. The summed E-state index contributed by atoms with van der Waals surface area (Å²) in [6.45, 7) is 4.15. The Labute approximate surface area is 161 Å². The molecule has 0 aliphatic rings. The van der Waals surface area contributed by atoms with Crippen molar-refractivity contribution in [1.82, 2.24) is 19.8 Å². The van der Waals surface area contributed by atoms with Crippen LogP contribution in [0.3, 0.4) is 0 Å². The van der Waals surface area contributed by atoms with Crippen molar-refractivity contribution >= 4 is 22.0 Å². The lowest BCUT2D eigenvalue weighted by molar-refractivity contribution is 0.363. The van der Waals surface area contributed by atoms with E-state index in [9.17, 15) is 0 Å². The molecule has 0 radical (unpaired) electrons. The van der Waals surface area contributed by atoms with Crippen LogP contribution < -0.4 is 9.64 Å². The molecule has 0 aliphatic carbocycles. The highest BCUT2D eigenvalue weighted by Gasteiger charge is 2.14. The molecule has 0 saturated heterocycles. The van der Waals surface area contributed by atoms with Gasteiger partial charge >= 0.3 is 0 Å². The van der Waals surface area contributed by atoms with Gasteiger partial charge in [-0.3, -0.25) is 0 Å². The van der Waals surface area contributed by atoms with Gasteiger partial charge in [-0.2, -0.15) is 9.61 Å². The predicted octanol–water partition coefficient (Wildman–Crippen LogP) is 4.15. The Hall–Kier alpha value is -3.19. The van der Waals surface area contributed by atoms with Crippen molar-refractivity contribution in [2.45, 2.75) is 0 Å². The minimum Gasteiger partial charge on any atom is -0.490 e. The minimum atomic E-state index is 0.492. The van der Waals surface area contributed by atoms with E-state index in [1.807, 2.05) is 50.5 Å². The summed E-state index contributed by atoms with van der Waals surface area (Å²) in [5.74, 6) is 1.55. The molecule has 2 heterocycles. The van der Waals surface area contributed by atoms with Gasteiger partial charge < -0.3 is 9.64 Å². The molecule has 0 amide bonds. The van der Waals surface area contributed by atoms with E-state index in [2.05, 4.69) is 33.8 Å². The van der Waals surface area contributed by atoms with Crippen molar-refractivity contribution in [2.24, 2.45) is 0 Å². The van der Waals surface area contributed by atoms with Crippen molar-refractivity contribution in [1.29, 1.82) is 0 Å². The van der Waals surface area contributed by atoms with E-state index in [1.165, 1.54) is 11.3 Å². The van der Waals surface area contributed by atoms with Crippen molar-refractivity contribution in [3.63, 3.8) is 0 Å². The van der Waals surface area contributed by atoms with E-state index in [0.29, 0.717) is 6.61 Å². The lowest BCUT2D eigenvalue weighted by atomic mass is 10.2. The normalized spacial score (nSPS) is 10.9. The molecule has 136 valence electrons. The summed E-state index contributed by atoms with van der Waals surface area (Å²) in [7, 11) is 4.04. The van der Waals surface area contributed by atoms with E-state index in [0.717, 1.165) is 38.4 Å². The van der Waals surface area contributed by atoms with Crippen molar-refractivity contribution in [2.75, 3.05) is 25.6 Å². The summed E-state index contributed by atoms with van der Waals surface area (Å²) >= 11 is 1.51. The van der Waals surface area contributed by atoms with Gasteiger partial charge in [-0.1, -0.05) is 24.0 Å². The van der Waals surface area contributed by atoms with Crippen molar-refractivity contribution in [3.05, 3.63) is 61.2 Å². The van der Waals surface area contributed by atoms with Gasteiger partial charge in [0.2, 0.25) is 4.96 Å². The molecule has 0 aliphatic heterocycles. The molecule has 0 fully saturated rings. The van der Waals surface area contributed by atoms with Gasteiger partial charge in [-0.05, 0) is 48.5 Å². The van der Waals surface area contributed by atoms with Crippen molar-refractivity contribution in [3.8, 4) is 27.7 Å². The quantitative estimate of drug-likeness (QED) is 0.473. The predicted molar refractivity (Wildman–Crippen MR) is 110 cm³/mol. The summed E-state index contributed by atoms with van der Waals surface area (Å²) in [5, 5.41) is 14.2. The zero-order valence-corrected chi connectivity index (χ0v) is 16.0. The third kappa shape index (κ3) is 3.41. The molecule has 0 atom stereocenters. The van der Waals surface area contributed by atoms with Crippen molar-refractivity contribution < 1.29 is 4.74 Å². The van der Waals surface area contributed by atoms with Crippen LogP contribution in [0, 0.1) is 0 Å². The fourth-order valence-electron chi connectivity index (χ4n) is 2.67. The number of benzene rings is 2. The fraction of sp³-hybridized carbons (Fsp3) is 0.150. The molecular weight excluding hydrogens is 358 g/mol. The lowest BCUT2D eigenvalue weighted by Crippen LogP contribution is -2.08. The Morgan fingerprint density at radius 3 is 2.41 bits per heavy atom. The summed E-state index contributed by atoms with van der Waals surface area (Å²) in [5.41, 5.74) is 3.14. The smallest absolute Gasteiger partial charge is 0.235 e. The van der Waals surface area contributed by atoms with Gasteiger partial charge in [0.25, 0.3) is 0 Å². The maximum absolute atomic E-state index is 5.53. The SMILES string of the molecule is C=CCOc1ccc(-c2nn3c(-c4ccc(N(C)C)cc4)nnc3s2)cc1. The fourth-order valence-corrected chi connectivity index (χ4v) is 3.52. The maximum atomic E-state index is 5.53. The molecule has 0 saturated carbocycles. The highest BCUT2D eigenvalue weighted by Crippen LogP contribution is 2.29. The third-order valence-corrected chi connectivity index (χ3v) is 5.05. The van der Waals surface area contributed by atoms with Crippen LogP contribution >= 0.6 is 11.3 Å². The molecule has 2 aromatic heterocycles. The first-order valence-corrected chi connectivity index (χ1v) is 9.31. The topological polar surface area (TPSA) is 55.6 Å². The second-order valence-electron chi connectivity index (χ2n) is 6.19. The molecule has 4 aromatic rings. The largest absolute Gasteiger partial charge is 0.490 e. The van der Waals surface area contributed by atoms with E-state index in [4.69, 9.17) is 9.84 Å². The van der Waals surface area contributed by atoms with Crippen LogP contribution in [-0.4, -0.2) is 40.5 Å². The van der Waals surface area contributed by atoms with Gasteiger partial charge in [0.15, 0.2) is 5.82 Å². The third-order valence-electron chi connectivity index (χ3n) is 4.10. The number of nitrogens with zero attached hydrogens (tertiary/aromatic N) is 5. The molecule has 0 N–H and O–H groups in total. The number of aromatic nitrogens is 4. The van der Waals surface area contributed by atoms with Crippen LogP contribution in [0.25, 0.3) is 26.9 Å². The van der Waals surface area contributed by atoms with Gasteiger partial charge in [-0.15, -0.1) is 10.2 Å². The number of anilines is 1. The van der Waals surface area contributed by atoms with Crippen LogP contribution in [-0.2, 0) is 0 Å². The molecule has 0 bridgehead atoms. The minimum absolute atomic E-state index is 0.492. The molecular formula is C20H19N5OS. The first-order chi connectivity index (χ1) is 13.2. The first kappa shape index (κ1) is 17.2. The number of ether oxygens (including phenoxy) is 1. The Bertz CT molecular complexity index is 1060. The number of fused-ring (bicyclic) bond motifs is 1. The van der Waals surface area contributed by atoms with Crippen LogP contribution in [0.15, 0.2) is 61.2 Å².